The highest BCUT2D eigenvalue weighted by Gasteiger charge is 2.24. The molecule has 0 atom stereocenters. The fourth-order valence-corrected chi connectivity index (χ4v) is 2.66. The number of pyridine rings is 1. The van der Waals surface area contributed by atoms with Gasteiger partial charge in [-0.25, -0.2) is 18.4 Å². The minimum atomic E-state index is -0.443. The van der Waals surface area contributed by atoms with E-state index in [1.807, 2.05) is 0 Å². The third kappa shape index (κ3) is 3.26. The molecule has 2 aromatic heterocycles. The summed E-state index contributed by atoms with van der Waals surface area (Å²) in [6.45, 7) is -0.165. The van der Waals surface area contributed by atoms with E-state index in [1.165, 1.54) is 16.7 Å². The molecule has 4 rings (SSSR count). The van der Waals surface area contributed by atoms with Crippen molar-refractivity contribution in [1.82, 2.24) is 24.6 Å². The Kier molecular flexibility index (Phi) is 4.08. The Bertz CT molecular complexity index is 991. The lowest BCUT2D eigenvalue weighted by Crippen LogP contribution is -2.34. The van der Waals surface area contributed by atoms with E-state index in [9.17, 15) is 14.0 Å². The molecule has 0 bridgehead atoms. The van der Waals surface area contributed by atoms with Crippen molar-refractivity contribution in [2.24, 2.45) is 0 Å². The van der Waals surface area contributed by atoms with E-state index < -0.39 is 5.69 Å². The predicted molar refractivity (Wildman–Crippen MR) is 92.2 cm³/mol. The third-order valence-corrected chi connectivity index (χ3v) is 4.10. The minimum Gasteiger partial charge on any atom is -0.352 e. The molecule has 1 N–H and O–H groups in total. The molecule has 1 fully saturated rings. The van der Waals surface area contributed by atoms with E-state index in [2.05, 4.69) is 15.4 Å². The molecule has 8 heteroatoms. The first kappa shape index (κ1) is 16.2. The van der Waals surface area contributed by atoms with Crippen molar-refractivity contribution in [3.8, 4) is 17.1 Å². The van der Waals surface area contributed by atoms with Crippen molar-refractivity contribution in [2.45, 2.75) is 25.4 Å². The molecule has 2 heterocycles. The van der Waals surface area contributed by atoms with Crippen LogP contribution in [-0.4, -0.2) is 31.3 Å². The molecule has 26 heavy (non-hydrogen) atoms. The van der Waals surface area contributed by atoms with Gasteiger partial charge in [0.25, 0.3) is 0 Å². The van der Waals surface area contributed by atoms with E-state index >= 15 is 0 Å². The molecule has 7 nitrogen and oxygen atoms in total. The molecular formula is C18H16FN5O2. The summed E-state index contributed by atoms with van der Waals surface area (Å²) in [6, 6.07) is 9.24. The normalized spacial score (nSPS) is 13.6. The summed E-state index contributed by atoms with van der Waals surface area (Å²) in [6.07, 6.45) is 5.06. The number of aromatic nitrogens is 4. The van der Waals surface area contributed by atoms with Crippen molar-refractivity contribution in [3.05, 3.63) is 65.1 Å². The number of benzene rings is 1. The van der Waals surface area contributed by atoms with Crippen LogP contribution in [0, 0.1) is 5.82 Å². The Hall–Kier alpha value is -3.29. The Morgan fingerprint density at radius 2 is 1.85 bits per heavy atom. The Morgan fingerprint density at radius 3 is 2.50 bits per heavy atom. The van der Waals surface area contributed by atoms with Crippen LogP contribution in [0.3, 0.4) is 0 Å². The maximum Gasteiger partial charge on any atom is 0.351 e. The largest absolute Gasteiger partial charge is 0.352 e. The van der Waals surface area contributed by atoms with Gasteiger partial charge in [0.15, 0.2) is 5.82 Å². The van der Waals surface area contributed by atoms with Crippen LogP contribution >= 0.6 is 0 Å². The third-order valence-electron chi connectivity index (χ3n) is 4.10. The van der Waals surface area contributed by atoms with Crippen molar-refractivity contribution in [1.29, 1.82) is 0 Å². The summed E-state index contributed by atoms with van der Waals surface area (Å²) in [5, 5.41) is 7.15. The molecule has 0 aliphatic heterocycles. The number of nitrogens with zero attached hydrogens (tertiary/aromatic N) is 4. The van der Waals surface area contributed by atoms with E-state index in [4.69, 9.17) is 0 Å². The molecule has 1 amide bonds. The van der Waals surface area contributed by atoms with Crippen molar-refractivity contribution >= 4 is 5.91 Å². The standard InChI is InChI=1S/C18H16FN5O2/c19-13-3-1-12(2-4-13)17-22-23(11-16(25)21-14-5-6-14)18(26)24(17)15-7-9-20-10-8-15/h1-4,7-10,14H,5-6,11H2,(H,21,25). The zero-order valence-electron chi connectivity index (χ0n) is 13.8. The summed E-state index contributed by atoms with van der Waals surface area (Å²) in [4.78, 5) is 28.9. The molecular weight excluding hydrogens is 337 g/mol. The van der Waals surface area contributed by atoms with Crippen LogP contribution in [0.5, 0.6) is 0 Å². The number of nitrogens with one attached hydrogen (secondary N) is 1. The fraction of sp³-hybridized carbons (Fsp3) is 0.222. The zero-order valence-corrected chi connectivity index (χ0v) is 13.8. The second kappa shape index (κ2) is 6.55. The molecule has 1 aliphatic rings. The summed E-state index contributed by atoms with van der Waals surface area (Å²) < 4.78 is 15.8. The summed E-state index contributed by atoms with van der Waals surface area (Å²) >= 11 is 0. The van der Waals surface area contributed by atoms with Crippen LogP contribution in [0.15, 0.2) is 53.6 Å². The van der Waals surface area contributed by atoms with Gasteiger partial charge in [-0.15, -0.1) is 5.10 Å². The van der Waals surface area contributed by atoms with Crippen molar-refractivity contribution < 1.29 is 9.18 Å². The molecule has 1 aromatic carbocycles. The topological polar surface area (TPSA) is 81.8 Å². The van der Waals surface area contributed by atoms with Gasteiger partial charge in [-0.2, -0.15) is 0 Å². The van der Waals surface area contributed by atoms with Crippen LogP contribution in [0.1, 0.15) is 12.8 Å². The lowest BCUT2D eigenvalue weighted by molar-refractivity contribution is -0.122. The lowest BCUT2D eigenvalue weighted by atomic mass is 10.2. The molecule has 0 saturated heterocycles. The first-order valence-corrected chi connectivity index (χ1v) is 8.27. The van der Waals surface area contributed by atoms with Gasteiger partial charge in [0.1, 0.15) is 12.4 Å². The Balaban J connectivity index is 1.78. The minimum absolute atomic E-state index is 0.165. The number of carbonyl (C=O) groups is 1. The van der Waals surface area contributed by atoms with Gasteiger partial charge in [0.05, 0.1) is 5.69 Å². The van der Waals surface area contributed by atoms with Gasteiger partial charge < -0.3 is 5.32 Å². The summed E-state index contributed by atoms with van der Waals surface area (Å²) in [5.41, 5.74) is 0.696. The van der Waals surface area contributed by atoms with E-state index in [1.54, 1.807) is 36.7 Å². The van der Waals surface area contributed by atoms with E-state index in [0.717, 1.165) is 17.5 Å². The molecule has 0 radical (unpaired) electrons. The summed E-state index contributed by atoms with van der Waals surface area (Å²) in [5.74, 6) is -0.296. The average Bonchev–Trinajstić information content (AvgIpc) is 3.39. The van der Waals surface area contributed by atoms with Crippen molar-refractivity contribution in [2.75, 3.05) is 0 Å². The van der Waals surface area contributed by atoms with Crippen molar-refractivity contribution in [3.63, 3.8) is 0 Å². The van der Waals surface area contributed by atoms with Crippen LogP contribution in [0.25, 0.3) is 17.1 Å². The first-order chi connectivity index (χ1) is 12.6. The molecule has 1 aliphatic carbocycles. The Morgan fingerprint density at radius 1 is 1.15 bits per heavy atom. The highest BCUT2D eigenvalue weighted by Crippen LogP contribution is 2.20. The number of rotatable bonds is 5. The monoisotopic (exact) mass is 353 g/mol. The second-order valence-corrected chi connectivity index (χ2v) is 6.15. The number of hydrogen-bond donors (Lipinski definition) is 1. The smallest absolute Gasteiger partial charge is 0.351 e. The van der Waals surface area contributed by atoms with Gasteiger partial charge in [-0.1, -0.05) is 0 Å². The highest BCUT2D eigenvalue weighted by atomic mass is 19.1. The second-order valence-electron chi connectivity index (χ2n) is 6.15. The van der Waals surface area contributed by atoms with Gasteiger partial charge in [0.2, 0.25) is 5.91 Å². The molecule has 1 saturated carbocycles. The first-order valence-electron chi connectivity index (χ1n) is 8.27. The van der Waals surface area contributed by atoms with Crippen LogP contribution < -0.4 is 11.0 Å². The molecule has 3 aromatic rings. The van der Waals surface area contributed by atoms with Crippen LogP contribution in [0.2, 0.25) is 0 Å². The summed E-state index contributed by atoms with van der Waals surface area (Å²) in [7, 11) is 0. The number of carbonyl (C=O) groups excluding carboxylic acids is 1. The highest BCUT2D eigenvalue weighted by molar-refractivity contribution is 5.76. The van der Waals surface area contributed by atoms with Gasteiger partial charge >= 0.3 is 5.69 Å². The lowest BCUT2D eigenvalue weighted by Gasteiger charge is -2.05. The van der Waals surface area contributed by atoms with E-state index in [0.29, 0.717) is 17.1 Å². The molecule has 0 spiro atoms. The quantitative estimate of drug-likeness (QED) is 0.754. The Labute approximate surface area is 148 Å². The fourth-order valence-electron chi connectivity index (χ4n) is 2.66. The predicted octanol–water partition coefficient (Wildman–Crippen LogP) is 1.51. The average molecular weight is 353 g/mol. The number of halogens is 1. The van der Waals surface area contributed by atoms with Crippen LogP contribution in [0.4, 0.5) is 4.39 Å². The van der Waals surface area contributed by atoms with Gasteiger partial charge in [-0.3, -0.25) is 9.78 Å². The number of hydrogen-bond acceptors (Lipinski definition) is 4. The van der Waals surface area contributed by atoms with Crippen LogP contribution in [-0.2, 0) is 11.3 Å². The number of amides is 1. The molecule has 0 unspecified atom stereocenters. The molecule has 132 valence electrons. The van der Waals surface area contributed by atoms with Gasteiger partial charge in [-0.05, 0) is 49.2 Å². The maximum atomic E-state index is 13.3. The van der Waals surface area contributed by atoms with E-state index in [-0.39, 0.29) is 24.3 Å². The SMILES string of the molecule is O=C(Cn1nc(-c2ccc(F)cc2)n(-c2ccncc2)c1=O)NC1CC1. The maximum absolute atomic E-state index is 13.3. The van der Waals surface area contributed by atoms with Gasteiger partial charge in [0, 0.05) is 24.0 Å². The zero-order chi connectivity index (χ0) is 18.1.